The number of benzene rings is 1. The van der Waals surface area contributed by atoms with E-state index in [0.717, 1.165) is 11.4 Å². The van der Waals surface area contributed by atoms with Gasteiger partial charge in [0.2, 0.25) is 5.91 Å². The van der Waals surface area contributed by atoms with E-state index < -0.39 is 0 Å². The molecule has 0 aromatic heterocycles. The zero-order valence-corrected chi connectivity index (χ0v) is 11.5. The third kappa shape index (κ3) is 3.22. The van der Waals surface area contributed by atoms with Gasteiger partial charge >= 0.3 is 0 Å². The van der Waals surface area contributed by atoms with E-state index in [1.807, 2.05) is 18.2 Å². The predicted octanol–water partition coefficient (Wildman–Crippen LogP) is 1.93. The minimum atomic E-state index is -0.0198. The molecule has 0 radical (unpaired) electrons. The summed E-state index contributed by atoms with van der Waals surface area (Å²) in [5.41, 5.74) is 0.743. The molecule has 1 aromatic rings. The molecule has 0 atom stereocenters. The summed E-state index contributed by atoms with van der Waals surface area (Å²) in [6.07, 6.45) is 4.89. The van der Waals surface area contributed by atoms with Crippen molar-refractivity contribution in [2.75, 3.05) is 25.1 Å². The molecule has 1 fully saturated rings. The Morgan fingerprint density at radius 3 is 2.70 bits per heavy atom. The molecule has 1 aliphatic heterocycles. The van der Waals surface area contributed by atoms with Crippen molar-refractivity contribution in [1.29, 1.82) is 0 Å². The average molecular weight is 276 g/mol. The van der Waals surface area contributed by atoms with Gasteiger partial charge in [-0.05, 0) is 25.0 Å². The van der Waals surface area contributed by atoms with Crippen molar-refractivity contribution >= 4 is 11.6 Å². The van der Waals surface area contributed by atoms with Crippen LogP contribution in [-0.2, 0) is 4.79 Å². The van der Waals surface area contributed by atoms with Crippen LogP contribution in [0.25, 0.3) is 0 Å². The molecule has 1 saturated carbocycles. The summed E-state index contributed by atoms with van der Waals surface area (Å²) in [5, 5.41) is 6.17. The van der Waals surface area contributed by atoms with Crippen LogP contribution >= 0.6 is 0 Å². The van der Waals surface area contributed by atoms with Gasteiger partial charge in [0, 0.05) is 17.8 Å². The van der Waals surface area contributed by atoms with Crippen LogP contribution in [0.15, 0.2) is 18.2 Å². The van der Waals surface area contributed by atoms with Crippen LogP contribution in [0.1, 0.15) is 25.7 Å². The Morgan fingerprint density at radius 2 is 1.90 bits per heavy atom. The molecule has 0 spiro atoms. The van der Waals surface area contributed by atoms with Gasteiger partial charge in [-0.3, -0.25) is 4.79 Å². The van der Waals surface area contributed by atoms with Crippen LogP contribution < -0.4 is 20.1 Å². The molecule has 3 rings (SSSR count). The number of fused-ring (bicyclic) bond motifs is 1. The summed E-state index contributed by atoms with van der Waals surface area (Å²) in [5.74, 6) is 1.41. The van der Waals surface area contributed by atoms with Crippen LogP contribution in [0.3, 0.4) is 0 Å². The molecule has 2 N–H and O–H groups in total. The molecule has 2 aliphatic rings. The van der Waals surface area contributed by atoms with Crippen molar-refractivity contribution in [3.63, 3.8) is 0 Å². The van der Waals surface area contributed by atoms with Crippen molar-refractivity contribution in [1.82, 2.24) is 5.32 Å². The van der Waals surface area contributed by atoms with Gasteiger partial charge in [0.25, 0.3) is 0 Å². The van der Waals surface area contributed by atoms with E-state index in [1.165, 1.54) is 25.7 Å². The van der Waals surface area contributed by atoms with E-state index in [2.05, 4.69) is 10.6 Å². The third-order valence-corrected chi connectivity index (χ3v) is 3.73. The highest BCUT2D eigenvalue weighted by molar-refractivity contribution is 5.92. The molecule has 0 bridgehead atoms. The van der Waals surface area contributed by atoms with Gasteiger partial charge in [0.05, 0.1) is 6.54 Å². The standard InChI is InChI=1S/C15H20N2O3/c18-15(10-16-11-3-1-2-4-11)17-12-5-6-13-14(9-12)20-8-7-19-13/h5-6,9,11,16H,1-4,7-8,10H2,(H,17,18). The number of carbonyl (C=O) groups excluding carboxylic acids is 1. The van der Waals surface area contributed by atoms with E-state index in [9.17, 15) is 4.79 Å². The normalized spacial score (nSPS) is 18.0. The number of ether oxygens (including phenoxy) is 2. The van der Waals surface area contributed by atoms with Gasteiger partial charge in [-0.1, -0.05) is 12.8 Å². The van der Waals surface area contributed by atoms with Crippen molar-refractivity contribution < 1.29 is 14.3 Å². The fourth-order valence-corrected chi connectivity index (χ4v) is 2.69. The smallest absolute Gasteiger partial charge is 0.238 e. The molecule has 5 nitrogen and oxygen atoms in total. The number of rotatable bonds is 4. The number of hydrogen-bond donors (Lipinski definition) is 2. The Labute approximate surface area is 118 Å². The minimum Gasteiger partial charge on any atom is -0.486 e. The lowest BCUT2D eigenvalue weighted by molar-refractivity contribution is -0.115. The second-order valence-electron chi connectivity index (χ2n) is 5.27. The number of nitrogens with one attached hydrogen (secondary N) is 2. The monoisotopic (exact) mass is 276 g/mol. The van der Waals surface area contributed by atoms with Crippen LogP contribution in [0.5, 0.6) is 11.5 Å². The van der Waals surface area contributed by atoms with Gasteiger partial charge in [-0.15, -0.1) is 0 Å². The van der Waals surface area contributed by atoms with Gasteiger partial charge in [-0.25, -0.2) is 0 Å². The maximum atomic E-state index is 11.9. The number of anilines is 1. The lowest BCUT2D eigenvalue weighted by Gasteiger charge is -2.19. The summed E-state index contributed by atoms with van der Waals surface area (Å²) in [7, 11) is 0. The van der Waals surface area contributed by atoms with Crippen molar-refractivity contribution in [2.45, 2.75) is 31.7 Å². The second-order valence-corrected chi connectivity index (χ2v) is 5.27. The van der Waals surface area contributed by atoms with Gasteiger partial charge in [0.1, 0.15) is 13.2 Å². The fraction of sp³-hybridized carbons (Fsp3) is 0.533. The summed E-state index contributed by atoms with van der Waals surface area (Å²) < 4.78 is 10.9. The van der Waals surface area contributed by atoms with Crippen LogP contribution in [0, 0.1) is 0 Å². The van der Waals surface area contributed by atoms with Crippen molar-refractivity contribution in [2.24, 2.45) is 0 Å². The van der Waals surface area contributed by atoms with Crippen molar-refractivity contribution in [3.05, 3.63) is 18.2 Å². The molecule has 0 saturated heterocycles. The third-order valence-electron chi connectivity index (χ3n) is 3.73. The Morgan fingerprint density at radius 1 is 1.15 bits per heavy atom. The first-order valence-corrected chi connectivity index (χ1v) is 7.24. The Hall–Kier alpha value is -1.75. The molecule has 1 heterocycles. The molecule has 20 heavy (non-hydrogen) atoms. The topological polar surface area (TPSA) is 59.6 Å². The molecule has 1 aliphatic carbocycles. The lowest BCUT2D eigenvalue weighted by Crippen LogP contribution is -2.34. The SMILES string of the molecule is O=C(CNC1CCCC1)Nc1ccc2c(c1)OCCO2. The average Bonchev–Trinajstić information content (AvgIpc) is 2.98. The number of amides is 1. The zero-order chi connectivity index (χ0) is 13.8. The highest BCUT2D eigenvalue weighted by Crippen LogP contribution is 2.32. The Kier molecular flexibility index (Phi) is 4.06. The number of hydrogen-bond acceptors (Lipinski definition) is 4. The summed E-state index contributed by atoms with van der Waals surface area (Å²) >= 11 is 0. The van der Waals surface area contributed by atoms with Crippen LogP contribution in [-0.4, -0.2) is 31.7 Å². The molecular formula is C15H20N2O3. The summed E-state index contributed by atoms with van der Waals surface area (Å²) in [6.45, 7) is 1.48. The first-order valence-electron chi connectivity index (χ1n) is 7.24. The van der Waals surface area contributed by atoms with Gasteiger partial charge in [0.15, 0.2) is 11.5 Å². The molecule has 1 amide bonds. The van der Waals surface area contributed by atoms with Crippen LogP contribution in [0.4, 0.5) is 5.69 Å². The largest absolute Gasteiger partial charge is 0.486 e. The Balaban J connectivity index is 1.52. The summed E-state index contributed by atoms with van der Waals surface area (Å²) in [4.78, 5) is 11.9. The summed E-state index contributed by atoms with van der Waals surface area (Å²) in [6, 6.07) is 5.97. The van der Waals surface area contributed by atoms with E-state index >= 15 is 0 Å². The highest BCUT2D eigenvalue weighted by Gasteiger charge is 2.16. The van der Waals surface area contributed by atoms with E-state index in [-0.39, 0.29) is 5.91 Å². The maximum Gasteiger partial charge on any atom is 0.238 e. The molecule has 108 valence electrons. The van der Waals surface area contributed by atoms with Gasteiger partial charge < -0.3 is 20.1 Å². The van der Waals surface area contributed by atoms with E-state index in [4.69, 9.17) is 9.47 Å². The van der Waals surface area contributed by atoms with Crippen molar-refractivity contribution in [3.8, 4) is 11.5 Å². The first-order chi connectivity index (χ1) is 9.81. The van der Waals surface area contributed by atoms with E-state index in [1.54, 1.807) is 0 Å². The Bertz CT molecular complexity index is 484. The minimum absolute atomic E-state index is 0.0198. The second kappa shape index (κ2) is 6.13. The fourth-order valence-electron chi connectivity index (χ4n) is 2.69. The molecule has 1 aromatic carbocycles. The highest BCUT2D eigenvalue weighted by atomic mass is 16.6. The quantitative estimate of drug-likeness (QED) is 0.882. The molecular weight excluding hydrogens is 256 g/mol. The first kappa shape index (κ1) is 13.2. The number of carbonyl (C=O) groups is 1. The van der Waals surface area contributed by atoms with E-state index in [0.29, 0.717) is 31.5 Å². The van der Waals surface area contributed by atoms with Gasteiger partial charge in [-0.2, -0.15) is 0 Å². The molecule has 5 heteroatoms. The predicted molar refractivity (Wildman–Crippen MR) is 76.3 cm³/mol. The van der Waals surface area contributed by atoms with Crippen LogP contribution in [0.2, 0.25) is 0 Å². The zero-order valence-electron chi connectivity index (χ0n) is 11.5. The maximum absolute atomic E-state index is 11.9. The molecule has 0 unspecified atom stereocenters. The lowest BCUT2D eigenvalue weighted by atomic mass is 10.2.